The highest BCUT2D eigenvalue weighted by molar-refractivity contribution is 4.87. The molecule has 1 fully saturated rings. The van der Waals surface area contributed by atoms with Crippen LogP contribution >= 0.6 is 0 Å². The van der Waals surface area contributed by atoms with E-state index < -0.39 is 0 Å². The minimum Gasteiger partial charge on any atom is -0.377 e. The normalized spacial score (nSPS) is 19.2. The molecule has 20 heavy (non-hydrogen) atoms. The van der Waals surface area contributed by atoms with Crippen molar-refractivity contribution in [1.82, 2.24) is 10.2 Å². The maximum atomic E-state index is 5.68. The van der Waals surface area contributed by atoms with E-state index in [0.717, 1.165) is 13.2 Å². The summed E-state index contributed by atoms with van der Waals surface area (Å²) in [6.07, 6.45) is 7.31. The monoisotopic (exact) mass is 284 g/mol. The first-order valence-corrected chi connectivity index (χ1v) is 8.47. The summed E-state index contributed by atoms with van der Waals surface area (Å²) in [4.78, 5) is 2.47. The van der Waals surface area contributed by atoms with Gasteiger partial charge in [-0.15, -0.1) is 0 Å². The zero-order valence-electron chi connectivity index (χ0n) is 14.4. The molecule has 0 aromatic rings. The quantitative estimate of drug-likeness (QED) is 0.703. The fourth-order valence-electron chi connectivity index (χ4n) is 3.21. The number of rotatable bonds is 9. The van der Waals surface area contributed by atoms with Crippen LogP contribution in [0.1, 0.15) is 59.8 Å². The first kappa shape index (κ1) is 17.9. The van der Waals surface area contributed by atoms with E-state index in [1.54, 1.807) is 0 Å². The van der Waals surface area contributed by atoms with Gasteiger partial charge in [0, 0.05) is 25.7 Å². The largest absolute Gasteiger partial charge is 0.377 e. The van der Waals surface area contributed by atoms with Crippen molar-refractivity contribution >= 4 is 0 Å². The smallest absolute Gasteiger partial charge is 0.0596 e. The minimum absolute atomic E-state index is 0.342. The molecule has 0 radical (unpaired) electrons. The fraction of sp³-hybridized carbons (Fsp3) is 1.00. The molecule has 1 rings (SSSR count). The Morgan fingerprint density at radius 3 is 2.30 bits per heavy atom. The van der Waals surface area contributed by atoms with Crippen LogP contribution in [0, 0.1) is 5.41 Å². The Bertz CT molecular complexity index is 247. The highest BCUT2D eigenvalue weighted by Crippen LogP contribution is 2.36. The summed E-state index contributed by atoms with van der Waals surface area (Å²) < 4.78 is 5.68. The van der Waals surface area contributed by atoms with E-state index in [-0.39, 0.29) is 0 Å². The van der Waals surface area contributed by atoms with Crippen molar-refractivity contribution in [2.75, 3.05) is 33.3 Å². The molecule has 0 spiro atoms. The predicted octanol–water partition coefficient (Wildman–Crippen LogP) is 3.29. The second-order valence-electron chi connectivity index (χ2n) is 7.25. The Balaban J connectivity index is 2.42. The maximum Gasteiger partial charge on any atom is 0.0596 e. The molecule has 0 saturated heterocycles. The molecule has 3 nitrogen and oxygen atoms in total. The van der Waals surface area contributed by atoms with E-state index in [4.69, 9.17) is 4.74 Å². The van der Waals surface area contributed by atoms with Crippen molar-refractivity contribution in [2.24, 2.45) is 5.41 Å². The van der Waals surface area contributed by atoms with Gasteiger partial charge in [0.05, 0.1) is 12.7 Å². The molecule has 0 aromatic heterocycles. The van der Waals surface area contributed by atoms with Gasteiger partial charge in [-0.3, -0.25) is 0 Å². The van der Waals surface area contributed by atoms with Crippen molar-refractivity contribution in [3.8, 4) is 0 Å². The van der Waals surface area contributed by atoms with Gasteiger partial charge < -0.3 is 15.0 Å². The van der Waals surface area contributed by atoms with Crippen LogP contribution in [0.2, 0.25) is 0 Å². The third-order valence-electron chi connectivity index (χ3n) is 4.33. The van der Waals surface area contributed by atoms with Crippen molar-refractivity contribution < 1.29 is 4.74 Å². The van der Waals surface area contributed by atoms with Gasteiger partial charge in [-0.1, -0.05) is 33.1 Å². The molecule has 1 saturated carbocycles. The Labute approximate surface area is 126 Å². The maximum absolute atomic E-state index is 5.68. The molecule has 1 aliphatic rings. The van der Waals surface area contributed by atoms with Crippen molar-refractivity contribution in [3.63, 3.8) is 0 Å². The minimum atomic E-state index is 0.342. The Kier molecular flexibility index (Phi) is 8.08. The predicted molar refractivity (Wildman–Crippen MR) is 87.2 cm³/mol. The van der Waals surface area contributed by atoms with Crippen LogP contribution in [0.15, 0.2) is 0 Å². The van der Waals surface area contributed by atoms with E-state index >= 15 is 0 Å². The zero-order chi connectivity index (χ0) is 15.0. The van der Waals surface area contributed by atoms with Gasteiger partial charge in [0.2, 0.25) is 0 Å². The van der Waals surface area contributed by atoms with Crippen LogP contribution in [0.25, 0.3) is 0 Å². The van der Waals surface area contributed by atoms with Crippen LogP contribution in [0.5, 0.6) is 0 Å². The molecule has 1 N–H and O–H groups in total. The second kappa shape index (κ2) is 9.01. The van der Waals surface area contributed by atoms with Crippen molar-refractivity contribution in [3.05, 3.63) is 0 Å². The standard InChI is InChI=1S/C17H36N2O/c1-15(2)18-13-17(9-7-6-8-10-17)14-19(5)11-12-20-16(3)4/h15-16,18H,6-14H2,1-5H3. The topological polar surface area (TPSA) is 24.5 Å². The summed E-state index contributed by atoms with van der Waals surface area (Å²) in [5, 5.41) is 3.68. The lowest BCUT2D eigenvalue weighted by Gasteiger charge is -2.41. The fourth-order valence-corrected chi connectivity index (χ4v) is 3.21. The molecule has 0 bridgehead atoms. The number of nitrogens with one attached hydrogen (secondary N) is 1. The first-order valence-electron chi connectivity index (χ1n) is 8.47. The lowest BCUT2D eigenvalue weighted by atomic mass is 9.73. The van der Waals surface area contributed by atoms with Crippen molar-refractivity contribution in [2.45, 2.75) is 71.9 Å². The molecule has 0 aliphatic heterocycles. The lowest BCUT2D eigenvalue weighted by molar-refractivity contribution is 0.0472. The van der Waals surface area contributed by atoms with Gasteiger partial charge in [-0.2, -0.15) is 0 Å². The van der Waals surface area contributed by atoms with Crippen LogP contribution in [0.3, 0.4) is 0 Å². The molecule has 120 valence electrons. The van der Waals surface area contributed by atoms with Gasteiger partial charge in [0.15, 0.2) is 0 Å². The van der Waals surface area contributed by atoms with E-state index in [1.165, 1.54) is 45.2 Å². The molecule has 0 aromatic carbocycles. The number of ether oxygens (including phenoxy) is 1. The SMILES string of the molecule is CC(C)NCC1(CN(C)CCOC(C)C)CCCCC1. The summed E-state index contributed by atoms with van der Waals surface area (Å²) in [6.45, 7) is 13.0. The molecular formula is C17H36N2O. The second-order valence-corrected chi connectivity index (χ2v) is 7.25. The van der Waals surface area contributed by atoms with Crippen LogP contribution in [0.4, 0.5) is 0 Å². The Hall–Kier alpha value is -0.120. The van der Waals surface area contributed by atoms with Gasteiger partial charge in [0.25, 0.3) is 0 Å². The summed E-state index contributed by atoms with van der Waals surface area (Å²) in [5.41, 5.74) is 0.481. The molecule has 0 amide bonds. The Morgan fingerprint density at radius 1 is 1.10 bits per heavy atom. The third-order valence-corrected chi connectivity index (χ3v) is 4.33. The van der Waals surface area contributed by atoms with E-state index in [9.17, 15) is 0 Å². The average molecular weight is 284 g/mol. The van der Waals surface area contributed by atoms with Crippen LogP contribution in [-0.4, -0.2) is 50.3 Å². The van der Waals surface area contributed by atoms with Crippen molar-refractivity contribution in [1.29, 1.82) is 0 Å². The molecule has 1 aliphatic carbocycles. The number of likely N-dealkylation sites (N-methyl/N-ethyl adjacent to an activating group) is 1. The lowest BCUT2D eigenvalue weighted by Crippen LogP contribution is -2.46. The summed E-state index contributed by atoms with van der Waals surface area (Å²) in [6, 6.07) is 0.586. The molecular weight excluding hydrogens is 248 g/mol. The zero-order valence-corrected chi connectivity index (χ0v) is 14.4. The Morgan fingerprint density at radius 2 is 1.75 bits per heavy atom. The number of hydrogen-bond acceptors (Lipinski definition) is 3. The summed E-state index contributed by atoms with van der Waals surface area (Å²) >= 11 is 0. The first-order chi connectivity index (χ1) is 9.43. The van der Waals surface area contributed by atoms with Crippen LogP contribution in [-0.2, 0) is 4.74 Å². The molecule has 3 heteroatoms. The summed E-state index contributed by atoms with van der Waals surface area (Å²) in [5.74, 6) is 0. The van der Waals surface area contributed by atoms with Gasteiger partial charge in [0.1, 0.15) is 0 Å². The number of hydrogen-bond donors (Lipinski definition) is 1. The van der Waals surface area contributed by atoms with Gasteiger partial charge >= 0.3 is 0 Å². The highest BCUT2D eigenvalue weighted by Gasteiger charge is 2.32. The van der Waals surface area contributed by atoms with Gasteiger partial charge in [-0.05, 0) is 39.2 Å². The van der Waals surface area contributed by atoms with E-state index in [0.29, 0.717) is 17.6 Å². The average Bonchev–Trinajstić information content (AvgIpc) is 2.37. The molecule has 0 heterocycles. The summed E-state index contributed by atoms with van der Waals surface area (Å²) in [7, 11) is 2.25. The highest BCUT2D eigenvalue weighted by atomic mass is 16.5. The number of nitrogens with zero attached hydrogens (tertiary/aromatic N) is 1. The van der Waals surface area contributed by atoms with E-state index in [1.807, 2.05) is 0 Å². The third kappa shape index (κ3) is 7.05. The van der Waals surface area contributed by atoms with Gasteiger partial charge in [-0.25, -0.2) is 0 Å². The van der Waals surface area contributed by atoms with E-state index in [2.05, 4.69) is 45.0 Å². The molecule has 0 atom stereocenters. The van der Waals surface area contributed by atoms with Crippen LogP contribution < -0.4 is 5.32 Å². The molecule has 0 unspecified atom stereocenters.